The third-order valence-corrected chi connectivity index (χ3v) is 2.60. The first-order chi connectivity index (χ1) is 7.22. The van der Waals surface area contributed by atoms with Gasteiger partial charge in [0.1, 0.15) is 5.75 Å². The number of benzene rings is 1. The van der Waals surface area contributed by atoms with E-state index in [0.717, 1.165) is 16.9 Å². The van der Waals surface area contributed by atoms with E-state index in [2.05, 4.69) is 21.1 Å². The van der Waals surface area contributed by atoms with Crippen molar-refractivity contribution in [2.45, 2.75) is 0 Å². The first-order valence-corrected chi connectivity index (χ1v) is 5.06. The van der Waals surface area contributed by atoms with Crippen molar-refractivity contribution in [2.75, 3.05) is 12.8 Å². The SMILES string of the molecule is COc1ccc(-c2c(Br)noc2N)cc1. The number of rotatable bonds is 2. The first kappa shape index (κ1) is 10.0. The standard InChI is InChI=1S/C10H9BrN2O2/c1-14-7-4-2-6(3-5-7)8-9(11)13-15-10(8)12/h2-5H,12H2,1H3. The zero-order valence-corrected chi connectivity index (χ0v) is 9.61. The van der Waals surface area contributed by atoms with Gasteiger partial charge in [0.2, 0.25) is 5.88 Å². The highest BCUT2D eigenvalue weighted by atomic mass is 79.9. The molecule has 78 valence electrons. The Morgan fingerprint density at radius 3 is 2.47 bits per heavy atom. The average Bonchev–Trinajstić information content (AvgIpc) is 2.59. The molecule has 0 bridgehead atoms. The molecule has 0 saturated carbocycles. The van der Waals surface area contributed by atoms with Crippen LogP contribution in [0.3, 0.4) is 0 Å². The van der Waals surface area contributed by atoms with Gasteiger partial charge in [-0.3, -0.25) is 0 Å². The first-order valence-electron chi connectivity index (χ1n) is 4.27. The van der Waals surface area contributed by atoms with Gasteiger partial charge in [-0.15, -0.1) is 0 Å². The van der Waals surface area contributed by atoms with Crippen LogP contribution < -0.4 is 10.5 Å². The number of halogens is 1. The second-order valence-electron chi connectivity index (χ2n) is 2.94. The summed E-state index contributed by atoms with van der Waals surface area (Å²) in [5.74, 6) is 1.09. The van der Waals surface area contributed by atoms with E-state index in [1.807, 2.05) is 24.3 Å². The quantitative estimate of drug-likeness (QED) is 0.910. The summed E-state index contributed by atoms with van der Waals surface area (Å²) in [5, 5.41) is 3.72. The fourth-order valence-electron chi connectivity index (χ4n) is 1.30. The molecule has 0 atom stereocenters. The zero-order chi connectivity index (χ0) is 10.8. The van der Waals surface area contributed by atoms with Gasteiger partial charge in [-0.05, 0) is 33.6 Å². The summed E-state index contributed by atoms with van der Waals surface area (Å²) in [5.41, 5.74) is 7.35. The molecule has 0 spiro atoms. The number of nitrogens with zero attached hydrogens (tertiary/aromatic N) is 1. The second kappa shape index (κ2) is 3.94. The molecule has 1 aromatic carbocycles. The third kappa shape index (κ3) is 1.83. The van der Waals surface area contributed by atoms with E-state index in [1.54, 1.807) is 7.11 Å². The Labute approximate surface area is 95.1 Å². The average molecular weight is 269 g/mol. The van der Waals surface area contributed by atoms with Gasteiger partial charge >= 0.3 is 0 Å². The minimum atomic E-state index is 0.298. The minimum Gasteiger partial charge on any atom is -0.497 e. The molecule has 2 N–H and O–H groups in total. The molecular weight excluding hydrogens is 260 g/mol. The van der Waals surface area contributed by atoms with Crippen molar-refractivity contribution >= 4 is 21.8 Å². The zero-order valence-electron chi connectivity index (χ0n) is 8.03. The van der Waals surface area contributed by atoms with Crippen LogP contribution in [0.4, 0.5) is 5.88 Å². The molecule has 0 unspecified atom stereocenters. The van der Waals surface area contributed by atoms with E-state index >= 15 is 0 Å². The Morgan fingerprint density at radius 2 is 2.00 bits per heavy atom. The topological polar surface area (TPSA) is 61.3 Å². The predicted octanol–water partition coefficient (Wildman–Crippen LogP) is 2.69. The van der Waals surface area contributed by atoms with Crippen LogP contribution in [0.25, 0.3) is 11.1 Å². The fraction of sp³-hybridized carbons (Fsp3) is 0.100. The van der Waals surface area contributed by atoms with Gasteiger partial charge in [-0.1, -0.05) is 17.3 Å². The van der Waals surface area contributed by atoms with E-state index in [9.17, 15) is 0 Å². The van der Waals surface area contributed by atoms with Gasteiger partial charge < -0.3 is 15.0 Å². The number of aromatic nitrogens is 1. The summed E-state index contributed by atoms with van der Waals surface area (Å²) in [6.45, 7) is 0. The summed E-state index contributed by atoms with van der Waals surface area (Å²) in [6, 6.07) is 7.50. The summed E-state index contributed by atoms with van der Waals surface area (Å²) in [6.07, 6.45) is 0. The van der Waals surface area contributed by atoms with Crippen LogP contribution in [0.5, 0.6) is 5.75 Å². The van der Waals surface area contributed by atoms with E-state index in [4.69, 9.17) is 15.0 Å². The number of hydrogen-bond acceptors (Lipinski definition) is 4. The molecule has 2 aromatic rings. The number of nitrogen functional groups attached to an aromatic ring is 1. The molecule has 0 aliphatic rings. The lowest BCUT2D eigenvalue weighted by Gasteiger charge is -2.01. The van der Waals surface area contributed by atoms with Crippen molar-refractivity contribution in [3.8, 4) is 16.9 Å². The van der Waals surface area contributed by atoms with Crippen molar-refractivity contribution in [1.82, 2.24) is 5.16 Å². The Kier molecular flexibility index (Phi) is 2.64. The number of anilines is 1. The molecule has 0 aliphatic carbocycles. The fourth-order valence-corrected chi connectivity index (χ4v) is 1.80. The normalized spacial score (nSPS) is 10.3. The van der Waals surface area contributed by atoms with Crippen molar-refractivity contribution in [3.05, 3.63) is 28.9 Å². The van der Waals surface area contributed by atoms with Crippen LogP contribution in [-0.2, 0) is 0 Å². The molecule has 0 fully saturated rings. The van der Waals surface area contributed by atoms with Gasteiger partial charge in [0.15, 0.2) is 4.60 Å². The number of hydrogen-bond donors (Lipinski definition) is 1. The molecule has 2 rings (SSSR count). The maximum atomic E-state index is 5.65. The van der Waals surface area contributed by atoms with E-state index < -0.39 is 0 Å². The largest absolute Gasteiger partial charge is 0.497 e. The molecule has 0 amide bonds. The van der Waals surface area contributed by atoms with E-state index in [1.165, 1.54) is 0 Å². The number of methoxy groups -OCH3 is 1. The van der Waals surface area contributed by atoms with Gasteiger partial charge in [0.25, 0.3) is 0 Å². The van der Waals surface area contributed by atoms with Gasteiger partial charge in [-0.25, -0.2) is 0 Å². The monoisotopic (exact) mass is 268 g/mol. The van der Waals surface area contributed by atoms with Crippen molar-refractivity contribution in [1.29, 1.82) is 0 Å². The highest BCUT2D eigenvalue weighted by Crippen LogP contribution is 2.33. The summed E-state index contributed by atoms with van der Waals surface area (Å²) in [7, 11) is 1.62. The van der Waals surface area contributed by atoms with E-state index in [-0.39, 0.29) is 0 Å². The van der Waals surface area contributed by atoms with Crippen LogP contribution in [0.1, 0.15) is 0 Å². The summed E-state index contributed by atoms with van der Waals surface area (Å²) >= 11 is 3.27. The maximum Gasteiger partial charge on any atom is 0.231 e. The lowest BCUT2D eigenvalue weighted by molar-refractivity contribution is 0.415. The Hall–Kier alpha value is -1.49. The summed E-state index contributed by atoms with van der Waals surface area (Å²) in [4.78, 5) is 0. The lowest BCUT2D eigenvalue weighted by atomic mass is 10.1. The van der Waals surface area contributed by atoms with Crippen LogP contribution in [0.15, 0.2) is 33.4 Å². The molecule has 5 heteroatoms. The van der Waals surface area contributed by atoms with Crippen LogP contribution >= 0.6 is 15.9 Å². The van der Waals surface area contributed by atoms with Gasteiger partial charge in [0, 0.05) is 0 Å². The molecule has 4 nitrogen and oxygen atoms in total. The highest BCUT2D eigenvalue weighted by molar-refractivity contribution is 9.10. The van der Waals surface area contributed by atoms with Crippen molar-refractivity contribution < 1.29 is 9.26 Å². The molecule has 0 radical (unpaired) electrons. The highest BCUT2D eigenvalue weighted by Gasteiger charge is 2.13. The molecule has 15 heavy (non-hydrogen) atoms. The molecular formula is C10H9BrN2O2. The minimum absolute atomic E-state index is 0.298. The maximum absolute atomic E-state index is 5.65. The van der Waals surface area contributed by atoms with Crippen LogP contribution in [0.2, 0.25) is 0 Å². The summed E-state index contributed by atoms with van der Waals surface area (Å²) < 4.78 is 10.5. The van der Waals surface area contributed by atoms with Crippen molar-refractivity contribution in [2.24, 2.45) is 0 Å². The third-order valence-electron chi connectivity index (χ3n) is 2.06. The molecule has 0 aliphatic heterocycles. The Morgan fingerprint density at radius 1 is 1.33 bits per heavy atom. The predicted molar refractivity (Wildman–Crippen MR) is 60.6 cm³/mol. The van der Waals surface area contributed by atoms with E-state index in [0.29, 0.717) is 10.5 Å². The second-order valence-corrected chi connectivity index (χ2v) is 3.69. The van der Waals surface area contributed by atoms with Gasteiger partial charge in [0.05, 0.1) is 12.7 Å². The van der Waals surface area contributed by atoms with Crippen LogP contribution in [0, 0.1) is 0 Å². The van der Waals surface area contributed by atoms with Crippen LogP contribution in [-0.4, -0.2) is 12.3 Å². The van der Waals surface area contributed by atoms with Gasteiger partial charge in [-0.2, -0.15) is 0 Å². The number of nitrogens with two attached hydrogens (primary N) is 1. The lowest BCUT2D eigenvalue weighted by Crippen LogP contribution is -1.86. The molecule has 1 heterocycles. The Balaban J connectivity index is 2.45. The Bertz CT molecular complexity index is 445. The molecule has 1 aromatic heterocycles. The number of ether oxygens (including phenoxy) is 1. The smallest absolute Gasteiger partial charge is 0.231 e. The van der Waals surface area contributed by atoms with Crippen molar-refractivity contribution in [3.63, 3.8) is 0 Å². The molecule has 0 saturated heterocycles.